The number of halogens is 2. The minimum absolute atomic E-state index is 0.0224. The highest BCUT2D eigenvalue weighted by atomic mass is 19.1. The number of amides is 1. The van der Waals surface area contributed by atoms with Gasteiger partial charge in [-0.2, -0.15) is 0 Å². The summed E-state index contributed by atoms with van der Waals surface area (Å²) in [7, 11) is 0. The number of carbonyl (C=O) groups is 1. The second-order valence-corrected chi connectivity index (χ2v) is 7.32. The topological polar surface area (TPSA) is 123 Å². The molecular formula is C21H21F2N7O. The summed E-state index contributed by atoms with van der Waals surface area (Å²) in [5.74, 6) is -2.24. The first kappa shape index (κ1) is 20.6. The average molecular weight is 425 g/mol. The van der Waals surface area contributed by atoms with Gasteiger partial charge in [-0.1, -0.05) is 0 Å². The highest BCUT2D eigenvalue weighted by Gasteiger charge is 2.22. The number of benzene rings is 1. The lowest BCUT2D eigenvalue weighted by atomic mass is 10.1. The largest absolute Gasteiger partial charge is 0.396 e. The lowest BCUT2D eigenvalue weighted by Crippen LogP contribution is -2.43. The fourth-order valence-electron chi connectivity index (χ4n) is 3.54. The van der Waals surface area contributed by atoms with Crippen LogP contribution >= 0.6 is 0 Å². The van der Waals surface area contributed by atoms with Gasteiger partial charge in [-0.15, -0.1) is 0 Å². The standard InChI is InChI=1S/C21H21F2N7O/c22-12-3-4-14(15(23)8-12)20-27-9-16(25)19(29-20)21(31)28-17-10-26-6-5-18(17)30-7-1-2-13(24)11-30/h3-6,8-10,13H,1-2,7,11,24-25H2,(H,28,31)/t13-/m0/s1. The van der Waals surface area contributed by atoms with Crippen LogP contribution in [0.15, 0.2) is 42.9 Å². The molecule has 1 aliphatic heterocycles. The molecule has 0 saturated carbocycles. The Morgan fingerprint density at radius 3 is 2.84 bits per heavy atom. The molecule has 2 aromatic heterocycles. The van der Waals surface area contributed by atoms with E-state index in [9.17, 15) is 13.6 Å². The summed E-state index contributed by atoms with van der Waals surface area (Å²) in [6, 6.07) is 4.87. The van der Waals surface area contributed by atoms with Gasteiger partial charge in [-0.3, -0.25) is 9.78 Å². The molecule has 3 aromatic rings. The molecule has 8 nitrogen and oxygen atoms in total. The smallest absolute Gasteiger partial charge is 0.276 e. The molecule has 1 fully saturated rings. The van der Waals surface area contributed by atoms with Crippen molar-refractivity contribution in [3.63, 3.8) is 0 Å². The van der Waals surface area contributed by atoms with Crippen LogP contribution in [0.1, 0.15) is 23.3 Å². The molecule has 10 heteroatoms. The molecule has 0 spiro atoms. The summed E-state index contributed by atoms with van der Waals surface area (Å²) >= 11 is 0. The zero-order valence-corrected chi connectivity index (χ0v) is 16.6. The van der Waals surface area contributed by atoms with E-state index in [0.29, 0.717) is 12.2 Å². The van der Waals surface area contributed by atoms with E-state index in [-0.39, 0.29) is 28.8 Å². The Kier molecular flexibility index (Phi) is 5.72. The number of piperidine rings is 1. The van der Waals surface area contributed by atoms with Crippen molar-refractivity contribution in [3.05, 3.63) is 60.2 Å². The monoisotopic (exact) mass is 425 g/mol. The van der Waals surface area contributed by atoms with Crippen molar-refractivity contribution in [2.45, 2.75) is 18.9 Å². The molecule has 1 saturated heterocycles. The number of nitrogens with two attached hydrogens (primary N) is 2. The Bertz CT molecular complexity index is 1120. The van der Waals surface area contributed by atoms with E-state index >= 15 is 0 Å². The zero-order chi connectivity index (χ0) is 22.0. The third kappa shape index (κ3) is 4.43. The highest BCUT2D eigenvalue weighted by molar-refractivity contribution is 6.07. The van der Waals surface area contributed by atoms with Crippen molar-refractivity contribution in [2.24, 2.45) is 5.73 Å². The molecule has 1 atom stereocenters. The molecule has 1 amide bonds. The third-order valence-corrected chi connectivity index (χ3v) is 5.05. The third-order valence-electron chi connectivity index (χ3n) is 5.05. The molecule has 4 rings (SSSR count). The van der Waals surface area contributed by atoms with Gasteiger partial charge in [0.25, 0.3) is 5.91 Å². The molecule has 0 radical (unpaired) electrons. The van der Waals surface area contributed by atoms with E-state index in [2.05, 4.69) is 25.2 Å². The normalized spacial score (nSPS) is 16.2. The van der Waals surface area contributed by atoms with Crippen molar-refractivity contribution in [1.82, 2.24) is 15.0 Å². The molecule has 3 heterocycles. The number of nitrogens with zero attached hydrogens (tertiary/aromatic N) is 4. The van der Waals surface area contributed by atoms with Crippen molar-refractivity contribution < 1.29 is 13.6 Å². The SMILES string of the molecule is Nc1cnc(-c2ccc(F)cc2F)nc1C(=O)Nc1cnccc1N1CCC[C@H](N)C1. The van der Waals surface area contributed by atoms with Crippen LogP contribution in [0.25, 0.3) is 11.4 Å². The second-order valence-electron chi connectivity index (χ2n) is 7.32. The molecule has 5 N–H and O–H groups in total. The summed E-state index contributed by atoms with van der Waals surface area (Å²) in [6.07, 6.45) is 6.28. The first-order valence-electron chi connectivity index (χ1n) is 9.76. The van der Waals surface area contributed by atoms with Crippen LogP contribution in [0.2, 0.25) is 0 Å². The molecule has 0 aliphatic carbocycles. The summed E-state index contributed by atoms with van der Waals surface area (Å²) < 4.78 is 27.3. The minimum Gasteiger partial charge on any atom is -0.396 e. The summed E-state index contributed by atoms with van der Waals surface area (Å²) in [4.78, 5) is 27.2. The van der Waals surface area contributed by atoms with Gasteiger partial charge in [0.1, 0.15) is 11.6 Å². The Hall–Kier alpha value is -3.66. The van der Waals surface area contributed by atoms with Gasteiger partial charge < -0.3 is 21.7 Å². The molecule has 1 aromatic carbocycles. The lowest BCUT2D eigenvalue weighted by Gasteiger charge is -2.33. The van der Waals surface area contributed by atoms with Crippen LogP contribution in [0.3, 0.4) is 0 Å². The van der Waals surface area contributed by atoms with E-state index < -0.39 is 17.5 Å². The Morgan fingerprint density at radius 2 is 2.06 bits per heavy atom. The van der Waals surface area contributed by atoms with E-state index in [4.69, 9.17) is 11.5 Å². The number of aromatic nitrogens is 3. The number of nitrogens with one attached hydrogen (secondary N) is 1. The maximum absolute atomic E-state index is 14.1. The summed E-state index contributed by atoms with van der Waals surface area (Å²) in [5.41, 5.74) is 13.1. The van der Waals surface area contributed by atoms with Gasteiger partial charge in [0.15, 0.2) is 11.5 Å². The van der Waals surface area contributed by atoms with Crippen molar-refractivity contribution >= 4 is 23.0 Å². The quantitative estimate of drug-likeness (QED) is 0.587. The number of hydrogen-bond donors (Lipinski definition) is 3. The van der Waals surface area contributed by atoms with Crippen molar-refractivity contribution in [1.29, 1.82) is 0 Å². The van der Waals surface area contributed by atoms with Gasteiger partial charge in [-0.25, -0.2) is 18.7 Å². The lowest BCUT2D eigenvalue weighted by molar-refractivity contribution is 0.102. The Morgan fingerprint density at radius 1 is 1.23 bits per heavy atom. The average Bonchev–Trinajstić information content (AvgIpc) is 2.75. The number of pyridine rings is 1. The first-order chi connectivity index (χ1) is 14.9. The van der Waals surface area contributed by atoms with Crippen LogP contribution in [-0.2, 0) is 0 Å². The molecule has 31 heavy (non-hydrogen) atoms. The zero-order valence-electron chi connectivity index (χ0n) is 16.6. The van der Waals surface area contributed by atoms with Crippen LogP contribution in [0.4, 0.5) is 25.8 Å². The number of anilines is 3. The molecule has 160 valence electrons. The van der Waals surface area contributed by atoms with E-state index in [1.165, 1.54) is 18.5 Å². The summed E-state index contributed by atoms with van der Waals surface area (Å²) in [5, 5.41) is 2.77. The van der Waals surface area contributed by atoms with Gasteiger partial charge in [0, 0.05) is 31.4 Å². The maximum atomic E-state index is 14.1. The van der Waals surface area contributed by atoms with E-state index in [1.807, 2.05) is 0 Å². The predicted molar refractivity (Wildman–Crippen MR) is 113 cm³/mol. The van der Waals surface area contributed by atoms with Crippen LogP contribution in [0, 0.1) is 11.6 Å². The Balaban J connectivity index is 1.63. The fraction of sp³-hybridized carbons (Fsp3) is 0.238. The molecular weight excluding hydrogens is 404 g/mol. The second kappa shape index (κ2) is 8.60. The van der Waals surface area contributed by atoms with Crippen LogP contribution < -0.4 is 21.7 Å². The van der Waals surface area contributed by atoms with Gasteiger partial charge in [0.05, 0.1) is 35.0 Å². The van der Waals surface area contributed by atoms with Crippen molar-refractivity contribution in [3.8, 4) is 11.4 Å². The van der Waals surface area contributed by atoms with Crippen LogP contribution in [-0.4, -0.2) is 40.0 Å². The highest BCUT2D eigenvalue weighted by Crippen LogP contribution is 2.28. The van der Waals surface area contributed by atoms with Gasteiger partial charge in [-0.05, 0) is 31.0 Å². The van der Waals surface area contributed by atoms with E-state index in [1.54, 1.807) is 12.3 Å². The van der Waals surface area contributed by atoms with Crippen LogP contribution in [0.5, 0.6) is 0 Å². The number of hydrogen-bond acceptors (Lipinski definition) is 7. The minimum atomic E-state index is -0.841. The number of carbonyl (C=O) groups excluding carboxylic acids is 1. The molecule has 0 bridgehead atoms. The first-order valence-corrected chi connectivity index (χ1v) is 9.76. The van der Waals surface area contributed by atoms with E-state index in [0.717, 1.165) is 37.2 Å². The number of rotatable bonds is 4. The predicted octanol–water partition coefficient (Wildman–Crippen LogP) is 2.58. The van der Waals surface area contributed by atoms with Gasteiger partial charge in [0.2, 0.25) is 0 Å². The van der Waals surface area contributed by atoms with Gasteiger partial charge >= 0.3 is 0 Å². The summed E-state index contributed by atoms with van der Waals surface area (Å²) in [6.45, 7) is 1.47. The number of nitrogen functional groups attached to an aromatic ring is 1. The molecule has 1 aliphatic rings. The Labute approximate surface area is 177 Å². The fourth-order valence-corrected chi connectivity index (χ4v) is 3.54. The van der Waals surface area contributed by atoms with Crippen molar-refractivity contribution in [2.75, 3.05) is 29.0 Å². The molecule has 0 unspecified atom stereocenters. The maximum Gasteiger partial charge on any atom is 0.276 e.